The monoisotopic (exact) mass is 279 g/mol. The quantitative estimate of drug-likeness (QED) is 0.581. The normalized spacial score (nSPS) is 10.7. The number of carbonyl (C=O) groups excluding carboxylic acids is 1. The maximum atomic E-state index is 11.1. The van der Waals surface area contributed by atoms with Crippen LogP contribution in [0.4, 0.5) is 0 Å². The van der Waals surface area contributed by atoms with Crippen LogP contribution in [0.25, 0.3) is 10.9 Å². The zero-order chi connectivity index (χ0) is 14.7. The van der Waals surface area contributed by atoms with E-state index in [9.17, 15) is 4.79 Å². The topological polar surface area (TPSA) is 42.1 Å². The zero-order valence-electron chi connectivity index (χ0n) is 11.9. The molecule has 3 rings (SSSR count). The lowest BCUT2D eigenvalue weighted by Gasteiger charge is -2.01. The molecule has 0 radical (unpaired) electrons. The molecule has 0 aliphatic rings. The lowest BCUT2D eigenvalue weighted by Crippen LogP contribution is -2.01. The van der Waals surface area contributed by atoms with Crippen LogP contribution in [-0.4, -0.2) is 11.0 Å². The summed E-state index contributed by atoms with van der Waals surface area (Å²) >= 11 is 0. The van der Waals surface area contributed by atoms with Crippen molar-refractivity contribution in [3.63, 3.8) is 0 Å². The summed E-state index contributed by atoms with van der Waals surface area (Å²) in [6, 6.07) is 18.2. The van der Waals surface area contributed by atoms with Crippen LogP contribution >= 0.6 is 0 Å². The van der Waals surface area contributed by atoms with E-state index in [-0.39, 0.29) is 5.97 Å². The SMILES string of the molecule is CC(=O)Oc1cccc2[nH]c(CCc3ccccc3)cc12. The first-order valence-electron chi connectivity index (χ1n) is 7.05. The zero-order valence-corrected chi connectivity index (χ0v) is 11.9. The lowest BCUT2D eigenvalue weighted by atomic mass is 10.1. The van der Waals surface area contributed by atoms with Gasteiger partial charge in [-0.05, 0) is 36.6 Å². The smallest absolute Gasteiger partial charge is 0.308 e. The Kier molecular flexibility index (Phi) is 3.73. The Hall–Kier alpha value is -2.55. The number of carbonyl (C=O) groups is 1. The Bertz CT molecular complexity index is 759. The number of esters is 1. The summed E-state index contributed by atoms with van der Waals surface area (Å²) in [5.41, 5.74) is 3.46. The van der Waals surface area contributed by atoms with Crippen LogP contribution in [0, 0.1) is 0 Å². The summed E-state index contributed by atoms with van der Waals surface area (Å²) in [5.74, 6) is 0.316. The Morgan fingerprint density at radius 2 is 1.86 bits per heavy atom. The number of benzene rings is 2. The van der Waals surface area contributed by atoms with E-state index in [1.165, 1.54) is 12.5 Å². The molecule has 1 aromatic heterocycles. The number of aromatic amines is 1. The van der Waals surface area contributed by atoms with Gasteiger partial charge in [-0.15, -0.1) is 0 Å². The van der Waals surface area contributed by atoms with Gasteiger partial charge in [-0.25, -0.2) is 0 Å². The number of hydrogen-bond acceptors (Lipinski definition) is 2. The average Bonchev–Trinajstić information content (AvgIpc) is 2.90. The molecule has 0 fully saturated rings. The van der Waals surface area contributed by atoms with Crippen LogP contribution in [0.3, 0.4) is 0 Å². The van der Waals surface area contributed by atoms with Crippen molar-refractivity contribution in [2.45, 2.75) is 19.8 Å². The minimum Gasteiger partial charge on any atom is -0.426 e. The molecule has 2 aromatic carbocycles. The predicted molar refractivity (Wildman–Crippen MR) is 83.5 cm³/mol. The molecule has 1 heterocycles. The van der Waals surface area contributed by atoms with E-state index in [1.807, 2.05) is 24.3 Å². The summed E-state index contributed by atoms with van der Waals surface area (Å²) in [6.45, 7) is 1.42. The predicted octanol–water partition coefficient (Wildman–Crippen LogP) is 3.88. The van der Waals surface area contributed by atoms with Gasteiger partial charge in [-0.2, -0.15) is 0 Å². The Balaban J connectivity index is 1.82. The number of nitrogens with one attached hydrogen (secondary N) is 1. The minimum atomic E-state index is -0.297. The largest absolute Gasteiger partial charge is 0.426 e. The molecule has 0 spiro atoms. The number of aryl methyl sites for hydroxylation is 2. The van der Waals surface area contributed by atoms with E-state index in [0.717, 1.165) is 29.4 Å². The summed E-state index contributed by atoms with van der Waals surface area (Å²) in [6.07, 6.45) is 1.91. The van der Waals surface area contributed by atoms with E-state index < -0.39 is 0 Å². The van der Waals surface area contributed by atoms with Crippen molar-refractivity contribution in [3.8, 4) is 5.75 Å². The van der Waals surface area contributed by atoms with E-state index >= 15 is 0 Å². The maximum Gasteiger partial charge on any atom is 0.308 e. The van der Waals surface area contributed by atoms with Gasteiger partial charge in [0.25, 0.3) is 0 Å². The van der Waals surface area contributed by atoms with Gasteiger partial charge in [-0.1, -0.05) is 36.4 Å². The van der Waals surface area contributed by atoms with E-state index in [4.69, 9.17) is 4.74 Å². The third kappa shape index (κ3) is 3.14. The van der Waals surface area contributed by atoms with E-state index in [0.29, 0.717) is 5.75 Å². The summed E-state index contributed by atoms with van der Waals surface area (Å²) in [5, 5.41) is 0.954. The number of fused-ring (bicyclic) bond motifs is 1. The molecular weight excluding hydrogens is 262 g/mol. The van der Waals surface area contributed by atoms with Gasteiger partial charge < -0.3 is 9.72 Å². The van der Waals surface area contributed by atoms with Crippen molar-refractivity contribution >= 4 is 16.9 Å². The van der Waals surface area contributed by atoms with Gasteiger partial charge in [0.2, 0.25) is 0 Å². The molecule has 0 saturated heterocycles. The van der Waals surface area contributed by atoms with E-state index in [1.54, 1.807) is 0 Å². The molecule has 3 aromatic rings. The standard InChI is InChI=1S/C18H17NO2/c1-13(20)21-18-9-5-8-17-16(18)12-15(19-17)11-10-14-6-3-2-4-7-14/h2-9,12,19H,10-11H2,1H3. The molecule has 0 bridgehead atoms. The second-order valence-electron chi connectivity index (χ2n) is 5.09. The first kappa shape index (κ1) is 13.4. The molecule has 21 heavy (non-hydrogen) atoms. The molecule has 0 aliphatic carbocycles. The third-order valence-corrected chi connectivity index (χ3v) is 3.46. The van der Waals surface area contributed by atoms with Crippen molar-refractivity contribution in [2.75, 3.05) is 0 Å². The van der Waals surface area contributed by atoms with Crippen molar-refractivity contribution < 1.29 is 9.53 Å². The molecule has 0 aliphatic heterocycles. The number of aromatic nitrogens is 1. The molecule has 0 atom stereocenters. The highest BCUT2D eigenvalue weighted by Gasteiger charge is 2.08. The summed E-state index contributed by atoms with van der Waals surface area (Å²) in [7, 11) is 0. The van der Waals surface area contributed by atoms with Gasteiger partial charge in [0.15, 0.2) is 0 Å². The van der Waals surface area contributed by atoms with Crippen LogP contribution in [0.5, 0.6) is 5.75 Å². The first-order valence-corrected chi connectivity index (χ1v) is 7.05. The van der Waals surface area contributed by atoms with Gasteiger partial charge >= 0.3 is 5.97 Å². The Labute approximate surface area is 123 Å². The number of H-pyrrole nitrogens is 1. The van der Waals surface area contributed by atoms with Crippen molar-refractivity contribution in [1.82, 2.24) is 4.98 Å². The van der Waals surface area contributed by atoms with Crippen LogP contribution in [0.15, 0.2) is 54.6 Å². The molecule has 0 saturated carbocycles. The first-order chi connectivity index (χ1) is 10.2. The number of ether oxygens (including phenoxy) is 1. The van der Waals surface area contributed by atoms with Crippen molar-refractivity contribution in [3.05, 3.63) is 65.9 Å². The molecule has 106 valence electrons. The Morgan fingerprint density at radius 1 is 1.05 bits per heavy atom. The Morgan fingerprint density at radius 3 is 2.62 bits per heavy atom. The highest BCUT2D eigenvalue weighted by Crippen LogP contribution is 2.27. The third-order valence-electron chi connectivity index (χ3n) is 3.46. The molecule has 1 N–H and O–H groups in total. The van der Waals surface area contributed by atoms with Crippen LogP contribution in [0.2, 0.25) is 0 Å². The highest BCUT2D eigenvalue weighted by atomic mass is 16.5. The van der Waals surface area contributed by atoms with E-state index in [2.05, 4.69) is 35.3 Å². The summed E-state index contributed by atoms with van der Waals surface area (Å²) < 4.78 is 5.24. The second-order valence-corrected chi connectivity index (χ2v) is 5.09. The highest BCUT2D eigenvalue weighted by molar-refractivity contribution is 5.88. The maximum absolute atomic E-state index is 11.1. The van der Waals surface area contributed by atoms with Gasteiger partial charge in [0.05, 0.1) is 0 Å². The number of hydrogen-bond donors (Lipinski definition) is 1. The van der Waals surface area contributed by atoms with Gasteiger partial charge in [-0.3, -0.25) is 4.79 Å². The fourth-order valence-corrected chi connectivity index (χ4v) is 2.49. The van der Waals surface area contributed by atoms with Crippen molar-refractivity contribution in [1.29, 1.82) is 0 Å². The summed E-state index contributed by atoms with van der Waals surface area (Å²) in [4.78, 5) is 14.5. The lowest BCUT2D eigenvalue weighted by molar-refractivity contribution is -0.131. The average molecular weight is 279 g/mol. The van der Waals surface area contributed by atoms with Gasteiger partial charge in [0.1, 0.15) is 5.75 Å². The van der Waals surface area contributed by atoms with Gasteiger partial charge in [0, 0.05) is 23.5 Å². The fraction of sp³-hybridized carbons (Fsp3) is 0.167. The molecular formula is C18H17NO2. The van der Waals surface area contributed by atoms with Crippen LogP contribution < -0.4 is 4.74 Å². The molecule has 0 amide bonds. The van der Waals surface area contributed by atoms with Crippen LogP contribution in [0.1, 0.15) is 18.2 Å². The van der Waals surface area contributed by atoms with Crippen molar-refractivity contribution in [2.24, 2.45) is 0 Å². The number of rotatable bonds is 4. The van der Waals surface area contributed by atoms with Crippen LogP contribution in [-0.2, 0) is 17.6 Å². The molecule has 0 unspecified atom stereocenters. The molecule has 3 nitrogen and oxygen atoms in total. The molecule has 3 heteroatoms. The second kappa shape index (κ2) is 5.83. The minimum absolute atomic E-state index is 0.297. The fourth-order valence-electron chi connectivity index (χ4n) is 2.49.